The summed E-state index contributed by atoms with van der Waals surface area (Å²) >= 11 is 0. The highest BCUT2D eigenvalue weighted by molar-refractivity contribution is 5.77. The number of alkyl carbamates (subject to hydrolysis) is 1. The molecule has 2 atom stereocenters. The molecule has 7 nitrogen and oxygen atoms in total. The van der Waals surface area contributed by atoms with Crippen molar-refractivity contribution in [3.8, 4) is 0 Å². The molecule has 2 amide bonds. The van der Waals surface area contributed by atoms with Gasteiger partial charge in [-0.15, -0.1) is 0 Å². The number of hydrogen-bond acceptors (Lipinski definition) is 5. The number of carbonyl (C=O) groups excluding carboxylic acids is 2. The molecule has 1 fully saturated rings. The smallest absolute Gasteiger partial charge is 0.407 e. The maximum absolute atomic E-state index is 11.8. The fourth-order valence-corrected chi connectivity index (χ4v) is 2.56. The molecule has 0 saturated heterocycles. The predicted molar refractivity (Wildman–Crippen MR) is 86.2 cm³/mol. The molecule has 1 aliphatic rings. The van der Waals surface area contributed by atoms with Gasteiger partial charge in [0.25, 0.3) is 0 Å². The van der Waals surface area contributed by atoms with Crippen LogP contribution >= 0.6 is 0 Å². The van der Waals surface area contributed by atoms with Crippen molar-refractivity contribution < 1.29 is 23.8 Å². The zero-order chi connectivity index (χ0) is 17.3. The van der Waals surface area contributed by atoms with Crippen LogP contribution in [0.3, 0.4) is 0 Å². The van der Waals surface area contributed by atoms with E-state index in [-0.39, 0.29) is 24.5 Å². The van der Waals surface area contributed by atoms with E-state index in [0.717, 1.165) is 19.3 Å². The average Bonchev–Trinajstić information content (AvgIpc) is 2.87. The molecule has 0 bridgehead atoms. The summed E-state index contributed by atoms with van der Waals surface area (Å²) in [7, 11) is 1.59. The van der Waals surface area contributed by atoms with E-state index in [9.17, 15) is 9.59 Å². The van der Waals surface area contributed by atoms with Crippen molar-refractivity contribution in [3.05, 3.63) is 0 Å². The van der Waals surface area contributed by atoms with Crippen LogP contribution in [-0.4, -0.2) is 57.1 Å². The van der Waals surface area contributed by atoms with Crippen LogP contribution in [0.25, 0.3) is 0 Å². The first-order chi connectivity index (χ1) is 10.8. The molecule has 1 rings (SSSR count). The summed E-state index contributed by atoms with van der Waals surface area (Å²) in [5, 5.41) is 5.77. The molecule has 134 valence electrons. The number of methoxy groups -OCH3 is 1. The summed E-state index contributed by atoms with van der Waals surface area (Å²) in [6.07, 6.45) is 2.52. The molecule has 0 aromatic rings. The molecule has 0 aromatic carbocycles. The van der Waals surface area contributed by atoms with Gasteiger partial charge >= 0.3 is 6.09 Å². The van der Waals surface area contributed by atoms with Crippen molar-refractivity contribution in [3.63, 3.8) is 0 Å². The van der Waals surface area contributed by atoms with Crippen LogP contribution < -0.4 is 10.6 Å². The Hall–Kier alpha value is -1.34. The second-order valence-corrected chi connectivity index (χ2v) is 6.79. The fraction of sp³-hybridized carbons (Fsp3) is 0.875. The van der Waals surface area contributed by atoms with Crippen molar-refractivity contribution in [2.24, 2.45) is 5.92 Å². The molecule has 0 aromatic heterocycles. The molecule has 0 unspecified atom stereocenters. The van der Waals surface area contributed by atoms with E-state index < -0.39 is 11.7 Å². The molecular weight excluding hydrogens is 300 g/mol. The zero-order valence-corrected chi connectivity index (χ0v) is 14.6. The first-order valence-corrected chi connectivity index (χ1v) is 8.14. The van der Waals surface area contributed by atoms with E-state index in [0.29, 0.717) is 19.8 Å². The van der Waals surface area contributed by atoms with E-state index in [1.807, 2.05) is 20.8 Å². The number of nitrogens with one attached hydrogen (secondary N) is 2. The summed E-state index contributed by atoms with van der Waals surface area (Å²) in [5.74, 6) is 0.0979. The predicted octanol–water partition coefficient (Wildman–Crippen LogP) is 1.46. The fourth-order valence-electron chi connectivity index (χ4n) is 2.56. The van der Waals surface area contributed by atoms with Crippen molar-refractivity contribution in [2.75, 3.05) is 33.5 Å². The van der Waals surface area contributed by atoms with Crippen molar-refractivity contribution in [1.29, 1.82) is 0 Å². The van der Waals surface area contributed by atoms with Gasteiger partial charge in [-0.25, -0.2) is 4.79 Å². The minimum atomic E-state index is -0.507. The van der Waals surface area contributed by atoms with Gasteiger partial charge < -0.3 is 24.8 Å². The highest BCUT2D eigenvalue weighted by Gasteiger charge is 2.29. The molecule has 7 heteroatoms. The summed E-state index contributed by atoms with van der Waals surface area (Å²) in [4.78, 5) is 23.5. The first-order valence-electron chi connectivity index (χ1n) is 8.14. The normalized spacial score (nSPS) is 21.0. The third kappa shape index (κ3) is 8.76. The molecular formula is C16H30N2O5. The Morgan fingerprint density at radius 1 is 1.17 bits per heavy atom. The lowest BCUT2D eigenvalue weighted by atomic mass is 10.0. The summed E-state index contributed by atoms with van der Waals surface area (Å²) < 4.78 is 15.3. The highest BCUT2D eigenvalue weighted by atomic mass is 16.6. The SMILES string of the molecule is COCCOCC(=O)N[C@@H]1CCC[C@H]1CNC(=O)OC(C)(C)C. The second-order valence-electron chi connectivity index (χ2n) is 6.79. The minimum absolute atomic E-state index is 0.0338. The third-order valence-corrected chi connectivity index (χ3v) is 3.58. The number of carbonyl (C=O) groups is 2. The molecule has 0 aliphatic heterocycles. The molecule has 1 saturated carbocycles. The van der Waals surface area contributed by atoms with Crippen molar-refractivity contribution in [2.45, 2.75) is 51.7 Å². The monoisotopic (exact) mass is 330 g/mol. The quantitative estimate of drug-likeness (QED) is 0.658. The molecule has 0 radical (unpaired) electrons. The van der Waals surface area contributed by atoms with Gasteiger partial charge in [-0.2, -0.15) is 0 Å². The van der Waals surface area contributed by atoms with Crippen LogP contribution in [0, 0.1) is 5.92 Å². The van der Waals surface area contributed by atoms with Gasteiger partial charge in [-0.05, 0) is 39.5 Å². The lowest BCUT2D eigenvalue weighted by Gasteiger charge is -2.23. The Balaban J connectivity index is 2.28. The van der Waals surface area contributed by atoms with Crippen molar-refractivity contribution in [1.82, 2.24) is 10.6 Å². The topological polar surface area (TPSA) is 85.9 Å². The Bertz CT molecular complexity index is 381. The first kappa shape index (κ1) is 19.7. The molecule has 0 spiro atoms. The summed E-state index contributed by atoms with van der Waals surface area (Å²) in [6.45, 7) is 6.89. The van der Waals surface area contributed by atoms with Gasteiger partial charge in [0.05, 0.1) is 13.2 Å². The van der Waals surface area contributed by atoms with Crippen LogP contribution in [0.5, 0.6) is 0 Å². The highest BCUT2D eigenvalue weighted by Crippen LogP contribution is 2.25. The summed E-state index contributed by atoms with van der Waals surface area (Å²) in [6, 6.07) is 0.0726. The Kier molecular flexibility index (Phi) is 8.33. The number of hydrogen-bond donors (Lipinski definition) is 2. The number of ether oxygens (including phenoxy) is 3. The Labute approximate surface area is 138 Å². The molecule has 2 N–H and O–H groups in total. The van der Waals surface area contributed by atoms with Crippen LogP contribution in [-0.2, 0) is 19.0 Å². The van der Waals surface area contributed by atoms with E-state index in [4.69, 9.17) is 14.2 Å². The Morgan fingerprint density at radius 3 is 2.57 bits per heavy atom. The van der Waals surface area contributed by atoms with Gasteiger partial charge in [0.1, 0.15) is 12.2 Å². The third-order valence-electron chi connectivity index (χ3n) is 3.58. The van der Waals surface area contributed by atoms with Gasteiger partial charge in [0.2, 0.25) is 5.91 Å². The van der Waals surface area contributed by atoms with Crippen LogP contribution in [0.4, 0.5) is 4.79 Å². The number of rotatable bonds is 8. The van der Waals surface area contributed by atoms with Crippen LogP contribution in [0.15, 0.2) is 0 Å². The number of amides is 2. The van der Waals surface area contributed by atoms with Gasteiger partial charge in [-0.3, -0.25) is 4.79 Å². The minimum Gasteiger partial charge on any atom is -0.444 e. The lowest BCUT2D eigenvalue weighted by Crippen LogP contribution is -2.44. The summed E-state index contributed by atoms with van der Waals surface area (Å²) in [5.41, 5.74) is -0.507. The van der Waals surface area contributed by atoms with E-state index in [1.54, 1.807) is 7.11 Å². The molecule has 1 aliphatic carbocycles. The maximum Gasteiger partial charge on any atom is 0.407 e. The van der Waals surface area contributed by atoms with E-state index in [2.05, 4.69) is 10.6 Å². The van der Waals surface area contributed by atoms with Gasteiger partial charge in [0.15, 0.2) is 0 Å². The lowest BCUT2D eigenvalue weighted by molar-refractivity contribution is -0.127. The van der Waals surface area contributed by atoms with Gasteiger partial charge in [0, 0.05) is 19.7 Å². The standard InChI is InChI=1S/C16H30N2O5/c1-16(2,3)23-15(20)17-10-12-6-5-7-13(12)18-14(19)11-22-9-8-21-4/h12-13H,5-11H2,1-4H3,(H,17,20)(H,18,19)/t12-,13+/m0/s1. The van der Waals surface area contributed by atoms with Crippen LogP contribution in [0.2, 0.25) is 0 Å². The largest absolute Gasteiger partial charge is 0.444 e. The molecule has 0 heterocycles. The molecule has 23 heavy (non-hydrogen) atoms. The Morgan fingerprint density at radius 2 is 1.91 bits per heavy atom. The second kappa shape index (κ2) is 9.72. The zero-order valence-electron chi connectivity index (χ0n) is 14.6. The average molecular weight is 330 g/mol. The van der Waals surface area contributed by atoms with Crippen LogP contribution in [0.1, 0.15) is 40.0 Å². The van der Waals surface area contributed by atoms with E-state index in [1.165, 1.54) is 0 Å². The van der Waals surface area contributed by atoms with Gasteiger partial charge in [-0.1, -0.05) is 6.42 Å². The van der Waals surface area contributed by atoms with E-state index >= 15 is 0 Å². The maximum atomic E-state index is 11.8. The van der Waals surface area contributed by atoms with Crippen molar-refractivity contribution >= 4 is 12.0 Å².